The molecular formula is C21H22ClN5O4. The van der Waals surface area contributed by atoms with Crippen LogP contribution in [0.5, 0.6) is 5.75 Å². The van der Waals surface area contributed by atoms with Gasteiger partial charge < -0.3 is 15.3 Å². The van der Waals surface area contributed by atoms with Crippen LogP contribution < -0.4 is 11.0 Å². The van der Waals surface area contributed by atoms with E-state index in [2.05, 4.69) is 10.4 Å². The summed E-state index contributed by atoms with van der Waals surface area (Å²) in [6, 6.07) is 9.74. The van der Waals surface area contributed by atoms with Crippen LogP contribution in [0.3, 0.4) is 0 Å². The van der Waals surface area contributed by atoms with Gasteiger partial charge in [-0.05, 0) is 43.2 Å². The first kappa shape index (κ1) is 20.9. The standard InChI is InChI=1S/C21H22ClN5O4/c22-15-4-5-17(28)16(13-15)23-20(30)14-6-10-25(11-7-14)19(29)8-12-27-21(31)26-9-2-1-3-18(26)24-27/h1-5,9,13-14,28H,6-8,10-12H2,(H,23,30). The van der Waals surface area contributed by atoms with Crippen LogP contribution in [0.15, 0.2) is 47.4 Å². The van der Waals surface area contributed by atoms with Gasteiger partial charge in [-0.3, -0.25) is 14.0 Å². The molecule has 0 atom stereocenters. The molecule has 3 aromatic rings. The molecule has 0 radical (unpaired) electrons. The monoisotopic (exact) mass is 443 g/mol. The van der Waals surface area contributed by atoms with E-state index in [0.717, 1.165) is 0 Å². The lowest BCUT2D eigenvalue weighted by Gasteiger charge is -2.31. The quantitative estimate of drug-likeness (QED) is 0.587. The number of carbonyl (C=O) groups excluding carboxylic acids is 2. The van der Waals surface area contributed by atoms with Gasteiger partial charge in [0, 0.05) is 36.6 Å². The number of hydrogen-bond donors (Lipinski definition) is 2. The van der Waals surface area contributed by atoms with E-state index in [1.165, 1.54) is 27.3 Å². The number of aryl methyl sites for hydroxylation is 1. The second kappa shape index (κ2) is 8.81. The molecule has 1 saturated heterocycles. The van der Waals surface area contributed by atoms with Gasteiger partial charge in [0.1, 0.15) is 5.75 Å². The van der Waals surface area contributed by atoms with Crippen LogP contribution >= 0.6 is 11.6 Å². The SMILES string of the molecule is O=C(Nc1cc(Cl)ccc1O)C1CCN(C(=O)CCn2nc3ccccn3c2=O)CC1. The lowest BCUT2D eigenvalue weighted by atomic mass is 9.95. The average molecular weight is 444 g/mol. The summed E-state index contributed by atoms with van der Waals surface area (Å²) in [6.45, 7) is 1.12. The molecule has 1 aromatic carbocycles. The Morgan fingerprint density at radius 2 is 1.97 bits per heavy atom. The van der Waals surface area contributed by atoms with Crippen LogP contribution in [-0.2, 0) is 16.1 Å². The molecule has 0 bridgehead atoms. The third-order valence-corrected chi connectivity index (χ3v) is 5.70. The number of nitrogens with one attached hydrogen (secondary N) is 1. The first-order chi connectivity index (χ1) is 14.9. The number of nitrogens with zero attached hydrogens (tertiary/aromatic N) is 4. The minimum Gasteiger partial charge on any atom is -0.506 e. The van der Waals surface area contributed by atoms with Gasteiger partial charge in [-0.15, -0.1) is 5.10 Å². The van der Waals surface area contributed by atoms with Crippen LogP contribution in [0.2, 0.25) is 5.02 Å². The summed E-state index contributed by atoms with van der Waals surface area (Å²) >= 11 is 5.91. The van der Waals surface area contributed by atoms with Crippen LogP contribution in [0, 0.1) is 5.92 Å². The number of phenols is 1. The highest BCUT2D eigenvalue weighted by molar-refractivity contribution is 6.31. The van der Waals surface area contributed by atoms with Crippen molar-refractivity contribution in [3.05, 3.63) is 58.1 Å². The van der Waals surface area contributed by atoms with Crippen LogP contribution in [0.1, 0.15) is 19.3 Å². The van der Waals surface area contributed by atoms with Gasteiger partial charge in [-0.25, -0.2) is 9.48 Å². The number of carbonyl (C=O) groups is 2. The van der Waals surface area contributed by atoms with E-state index in [1.54, 1.807) is 29.3 Å². The number of piperidine rings is 1. The van der Waals surface area contributed by atoms with Crippen molar-refractivity contribution in [3.8, 4) is 5.75 Å². The summed E-state index contributed by atoms with van der Waals surface area (Å²) in [7, 11) is 0. The number of phenolic OH excluding ortho intramolecular Hbond substituents is 1. The molecule has 2 N–H and O–H groups in total. The van der Waals surface area contributed by atoms with Gasteiger partial charge in [0.15, 0.2) is 5.65 Å². The molecular weight excluding hydrogens is 422 g/mol. The van der Waals surface area contributed by atoms with Gasteiger partial charge >= 0.3 is 5.69 Å². The molecule has 1 aliphatic heterocycles. The Bertz CT molecular complexity index is 1180. The minimum atomic E-state index is -0.275. The van der Waals surface area contributed by atoms with E-state index < -0.39 is 0 Å². The maximum absolute atomic E-state index is 12.6. The van der Waals surface area contributed by atoms with E-state index in [0.29, 0.717) is 36.6 Å². The van der Waals surface area contributed by atoms with Crippen molar-refractivity contribution in [2.75, 3.05) is 18.4 Å². The minimum absolute atomic E-state index is 0.0486. The Kier molecular flexibility index (Phi) is 5.94. The number of halogens is 1. The highest BCUT2D eigenvalue weighted by atomic mass is 35.5. The number of hydrogen-bond acceptors (Lipinski definition) is 5. The molecule has 2 amide bonds. The summed E-state index contributed by atoms with van der Waals surface area (Å²) < 4.78 is 2.73. The van der Waals surface area contributed by atoms with Crippen molar-refractivity contribution in [3.63, 3.8) is 0 Å². The van der Waals surface area contributed by atoms with Crippen molar-refractivity contribution in [2.45, 2.75) is 25.8 Å². The predicted octanol–water partition coefficient (Wildman–Crippen LogP) is 2.12. The Morgan fingerprint density at radius 1 is 1.19 bits per heavy atom. The second-order valence-corrected chi connectivity index (χ2v) is 7.93. The first-order valence-electron chi connectivity index (χ1n) is 10.0. The maximum Gasteiger partial charge on any atom is 0.350 e. The van der Waals surface area contributed by atoms with E-state index in [1.807, 2.05) is 0 Å². The number of benzene rings is 1. The molecule has 0 aliphatic carbocycles. The van der Waals surface area contributed by atoms with Crippen molar-refractivity contribution < 1.29 is 14.7 Å². The Labute approximate surface area is 182 Å². The van der Waals surface area contributed by atoms with Crippen LogP contribution in [-0.4, -0.2) is 49.1 Å². The number of pyridine rings is 1. The molecule has 162 valence electrons. The zero-order valence-electron chi connectivity index (χ0n) is 16.7. The Balaban J connectivity index is 1.29. The van der Waals surface area contributed by atoms with E-state index in [4.69, 9.17) is 11.6 Å². The normalized spacial score (nSPS) is 14.7. The molecule has 9 nitrogen and oxygen atoms in total. The highest BCUT2D eigenvalue weighted by Crippen LogP contribution is 2.28. The molecule has 0 unspecified atom stereocenters. The fourth-order valence-electron chi connectivity index (χ4n) is 3.71. The zero-order valence-corrected chi connectivity index (χ0v) is 17.5. The molecule has 31 heavy (non-hydrogen) atoms. The Hall–Kier alpha value is -3.33. The number of aromatic hydroxyl groups is 1. The number of anilines is 1. The predicted molar refractivity (Wildman–Crippen MR) is 115 cm³/mol. The summed E-state index contributed by atoms with van der Waals surface area (Å²) in [5, 5.41) is 17.2. The number of aromatic nitrogens is 3. The maximum atomic E-state index is 12.6. The zero-order chi connectivity index (χ0) is 22.0. The summed E-state index contributed by atoms with van der Waals surface area (Å²) in [4.78, 5) is 39.1. The summed E-state index contributed by atoms with van der Waals surface area (Å²) in [5.41, 5.74) is 0.537. The lowest BCUT2D eigenvalue weighted by Crippen LogP contribution is -2.42. The van der Waals surface area contributed by atoms with E-state index >= 15 is 0 Å². The van der Waals surface area contributed by atoms with E-state index in [-0.39, 0.29) is 47.8 Å². The number of rotatable bonds is 5. The molecule has 0 saturated carbocycles. The fourth-order valence-corrected chi connectivity index (χ4v) is 3.88. The number of likely N-dealkylation sites (tertiary alicyclic amines) is 1. The third kappa shape index (κ3) is 4.56. The molecule has 10 heteroatoms. The third-order valence-electron chi connectivity index (χ3n) is 5.46. The van der Waals surface area contributed by atoms with Gasteiger partial charge in [-0.2, -0.15) is 0 Å². The number of fused-ring (bicyclic) bond motifs is 1. The molecule has 2 aromatic heterocycles. The molecule has 1 fully saturated rings. The van der Waals surface area contributed by atoms with Crippen molar-refractivity contribution >= 4 is 34.7 Å². The van der Waals surface area contributed by atoms with Gasteiger partial charge in [0.2, 0.25) is 11.8 Å². The lowest BCUT2D eigenvalue weighted by molar-refractivity contribution is -0.134. The van der Waals surface area contributed by atoms with Crippen molar-refractivity contribution in [2.24, 2.45) is 5.92 Å². The number of amides is 2. The van der Waals surface area contributed by atoms with Gasteiger partial charge in [0.25, 0.3) is 0 Å². The fraction of sp³-hybridized carbons (Fsp3) is 0.333. The molecule has 1 aliphatic rings. The molecule has 4 rings (SSSR count). The molecule has 0 spiro atoms. The second-order valence-electron chi connectivity index (χ2n) is 7.49. The van der Waals surface area contributed by atoms with E-state index in [9.17, 15) is 19.5 Å². The van der Waals surface area contributed by atoms with Crippen LogP contribution in [0.25, 0.3) is 5.65 Å². The average Bonchev–Trinajstić information content (AvgIpc) is 3.10. The van der Waals surface area contributed by atoms with Gasteiger partial charge in [-0.1, -0.05) is 17.7 Å². The van der Waals surface area contributed by atoms with Gasteiger partial charge in [0.05, 0.1) is 12.2 Å². The largest absolute Gasteiger partial charge is 0.506 e. The van der Waals surface area contributed by atoms with Crippen LogP contribution in [0.4, 0.5) is 5.69 Å². The summed E-state index contributed by atoms with van der Waals surface area (Å²) in [5.74, 6) is -0.590. The van der Waals surface area contributed by atoms with Crippen molar-refractivity contribution in [1.82, 2.24) is 19.1 Å². The Morgan fingerprint density at radius 3 is 2.71 bits per heavy atom. The topological polar surface area (TPSA) is 109 Å². The smallest absolute Gasteiger partial charge is 0.350 e. The molecule has 3 heterocycles. The highest BCUT2D eigenvalue weighted by Gasteiger charge is 2.27. The first-order valence-corrected chi connectivity index (χ1v) is 10.4. The summed E-state index contributed by atoms with van der Waals surface area (Å²) in [6.07, 6.45) is 2.85. The van der Waals surface area contributed by atoms with Crippen molar-refractivity contribution in [1.29, 1.82) is 0 Å².